The Balaban J connectivity index is 1.42. The van der Waals surface area contributed by atoms with Crippen LogP contribution >= 0.6 is 11.3 Å². The minimum Gasteiger partial charge on any atom is -0.492 e. The number of benzene rings is 4. The van der Waals surface area contributed by atoms with Gasteiger partial charge in [0.05, 0.1) is 39.7 Å². The second-order valence-corrected chi connectivity index (χ2v) is 13.9. The van der Waals surface area contributed by atoms with Crippen LogP contribution in [-0.4, -0.2) is 38.5 Å². The maximum atomic E-state index is 13.2. The number of nitrogens with zero attached hydrogens (tertiary/aromatic N) is 3. The minimum atomic E-state index is -0.793. The zero-order chi connectivity index (χ0) is 32.3. The molecule has 0 bridgehead atoms. The van der Waals surface area contributed by atoms with Crippen molar-refractivity contribution >= 4 is 44.0 Å². The third-order valence-corrected chi connectivity index (χ3v) is 9.51. The molecule has 232 valence electrons. The number of hydrogen-bond acceptors (Lipinski definition) is 7. The standard InChI is InChI=1S/C38H35N3O4S/c1-21-16-29-36(46-37(40-29)26-9-7-8-23(17-26)24-10-12-30-27(18-24)20-39-41(30)6)34(33(21)35(22(2)42)45-38(3,4)5)25-11-13-32-28(19-25)31(43)14-15-44-32/h7-13,16-20,35H,14-15H2,1-6H3/t35-/m1/s1. The third-order valence-electron chi connectivity index (χ3n) is 8.38. The zero-order valence-corrected chi connectivity index (χ0v) is 27.6. The number of fused-ring (bicyclic) bond motifs is 3. The summed E-state index contributed by atoms with van der Waals surface area (Å²) in [7, 11) is 1.95. The van der Waals surface area contributed by atoms with E-state index in [0.717, 1.165) is 65.1 Å². The number of carbonyl (C=O) groups excluding carboxylic acids is 2. The molecule has 0 N–H and O–H groups in total. The van der Waals surface area contributed by atoms with Crippen molar-refractivity contribution in [3.05, 3.63) is 89.6 Å². The third kappa shape index (κ3) is 5.42. The highest BCUT2D eigenvalue weighted by molar-refractivity contribution is 7.22. The topological polar surface area (TPSA) is 83.3 Å². The van der Waals surface area contributed by atoms with Crippen LogP contribution in [0.2, 0.25) is 0 Å². The summed E-state index contributed by atoms with van der Waals surface area (Å²) >= 11 is 1.58. The van der Waals surface area contributed by atoms with Crippen LogP contribution < -0.4 is 4.74 Å². The Morgan fingerprint density at radius 2 is 1.76 bits per heavy atom. The molecule has 0 radical (unpaired) electrons. The zero-order valence-electron chi connectivity index (χ0n) is 26.8. The van der Waals surface area contributed by atoms with E-state index in [4.69, 9.17) is 14.5 Å². The Kier molecular flexibility index (Phi) is 7.37. The van der Waals surface area contributed by atoms with Crippen molar-refractivity contribution in [1.29, 1.82) is 0 Å². The summed E-state index contributed by atoms with van der Waals surface area (Å²) in [5, 5.41) is 6.34. The molecular formula is C38H35N3O4S. The summed E-state index contributed by atoms with van der Waals surface area (Å²) in [6.45, 7) is 9.81. The normalized spacial score (nSPS) is 14.0. The second-order valence-electron chi connectivity index (χ2n) is 12.9. The number of hydrogen-bond donors (Lipinski definition) is 0. The number of aryl methyl sites for hydroxylation is 2. The van der Waals surface area contributed by atoms with Crippen LogP contribution in [-0.2, 0) is 16.6 Å². The number of rotatable bonds is 6. The molecular weight excluding hydrogens is 595 g/mol. The van der Waals surface area contributed by atoms with E-state index in [0.29, 0.717) is 24.3 Å². The predicted octanol–water partition coefficient (Wildman–Crippen LogP) is 8.90. The molecule has 0 spiro atoms. The lowest BCUT2D eigenvalue weighted by Crippen LogP contribution is -2.27. The molecule has 8 heteroatoms. The first-order valence-electron chi connectivity index (χ1n) is 15.4. The van der Waals surface area contributed by atoms with Crippen molar-refractivity contribution < 1.29 is 19.1 Å². The van der Waals surface area contributed by atoms with Crippen molar-refractivity contribution in [3.8, 4) is 38.6 Å². The lowest BCUT2D eigenvalue weighted by molar-refractivity contribution is -0.138. The van der Waals surface area contributed by atoms with E-state index in [1.54, 1.807) is 18.3 Å². The molecule has 4 aromatic carbocycles. The Labute approximate surface area is 271 Å². The Hall–Kier alpha value is -4.66. The van der Waals surface area contributed by atoms with Crippen LogP contribution in [0.25, 0.3) is 53.9 Å². The lowest BCUT2D eigenvalue weighted by atomic mass is 9.88. The average molecular weight is 630 g/mol. The van der Waals surface area contributed by atoms with Crippen LogP contribution in [0.3, 0.4) is 0 Å². The van der Waals surface area contributed by atoms with Crippen LogP contribution in [0.4, 0.5) is 0 Å². The van der Waals surface area contributed by atoms with Gasteiger partial charge in [-0.15, -0.1) is 11.3 Å². The highest BCUT2D eigenvalue weighted by Crippen LogP contribution is 2.45. The van der Waals surface area contributed by atoms with Gasteiger partial charge in [0, 0.05) is 35.5 Å². The highest BCUT2D eigenvalue weighted by Gasteiger charge is 2.31. The number of thiazole rings is 1. The molecule has 0 unspecified atom stereocenters. The molecule has 0 saturated carbocycles. The molecule has 6 aromatic rings. The van der Waals surface area contributed by atoms with Gasteiger partial charge in [-0.2, -0.15) is 5.10 Å². The van der Waals surface area contributed by atoms with Gasteiger partial charge in [0.1, 0.15) is 16.9 Å². The van der Waals surface area contributed by atoms with Crippen molar-refractivity contribution in [3.63, 3.8) is 0 Å². The fourth-order valence-corrected chi connectivity index (χ4v) is 7.37. The summed E-state index contributed by atoms with van der Waals surface area (Å²) in [5.74, 6) is 0.554. The van der Waals surface area contributed by atoms with Gasteiger partial charge in [-0.3, -0.25) is 14.3 Å². The summed E-state index contributed by atoms with van der Waals surface area (Å²) < 4.78 is 15.0. The molecule has 46 heavy (non-hydrogen) atoms. The Bertz CT molecular complexity index is 2190. The molecule has 0 aliphatic carbocycles. The molecule has 3 heterocycles. The van der Waals surface area contributed by atoms with Gasteiger partial charge >= 0.3 is 0 Å². The number of ether oxygens (including phenoxy) is 2. The average Bonchev–Trinajstić information content (AvgIpc) is 3.62. The molecule has 7 nitrogen and oxygen atoms in total. The maximum Gasteiger partial charge on any atom is 0.170 e. The molecule has 0 amide bonds. The minimum absolute atomic E-state index is 0.0499. The van der Waals surface area contributed by atoms with E-state index in [-0.39, 0.29) is 11.6 Å². The molecule has 1 atom stereocenters. The summed E-state index contributed by atoms with van der Waals surface area (Å²) in [6.07, 6.45) is 1.43. The summed E-state index contributed by atoms with van der Waals surface area (Å²) in [5.41, 5.74) is 8.50. The first-order chi connectivity index (χ1) is 22.0. The molecule has 0 fully saturated rings. The van der Waals surface area contributed by atoms with Crippen LogP contribution in [0.5, 0.6) is 5.75 Å². The second kappa shape index (κ2) is 11.3. The number of carbonyl (C=O) groups is 2. The molecule has 1 aliphatic rings. The van der Waals surface area contributed by atoms with Gasteiger partial charge < -0.3 is 9.47 Å². The number of Topliss-reactive ketones (excluding diaryl/α,β-unsaturated/α-hetero) is 2. The lowest BCUT2D eigenvalue weighted by Gasteiger charge is -2.29. The van der Waals surface area contributed by atoms with Gasteiger partial charge in [0.2, 0.25) is 0 Å². The van der Waals surface area contributed by atoms with Crippen LogP contribution in [0.1, 0.15) is 61.7 Å². The smallest absolute Gasteiger partial charge is 0.170 e. The van der Waals surface area contributed by atoms with Gasteiger partial charge in [-0.05, 0) is 93.3 Å². The van der Waals surface area contributed by atoms with Crippen molar-refractivity contribution in [2.45, 2.75) is 52.7 Å². The monoisotopic (exact) mass is 629 g/mol. The Morgan fingerprint density at radius 3 is 2.54 bits per heavy atom. The number of ketones is 2. The quantitative estimate of drug-likeness (QED) is 0.183. The number of aromatic nitrogens is 3. The first-order valence-corrected chi connectivity index (χ1v) is 16.2. The molecule has 0 saturated heterocycles. The Morgan fingerprint density at radius 1 is 1.00 bits per heavy atom. The van der Waals surface area contributed by atoms with E-state index < -0.39 is 11.7 Å². The van der Waals surface area contributed by atoms with Gasteiger partial charge in [-0.25, -0.2) is 4.98 Å². The highest BCUT2D eigenvalue weighted by atomic mass is 32.1. The fraction of sp³-hybridized carbons (Fsp3) is 0.263. The van der Waals surface area contributed by atoms with Crippen molar-refractivity contribution in [1.82, 2.24) is 14.8 Å². The van der Waals surface area contributed by atoms with Crippen molar-refractivity contribution in [2.75, 3.05) is 6.61 Å². The predicted molar refractivity (Wildman–Crippen MR) is 184 cm³/mol. The largest absolute Gasteiger partial charge is 0.492 e. The molecule has 2 aromatic heterocycles. The van der Waals surface area contributed by atoms with Gasteiger partial charge in [0.15, 0.2) is 11.6 Å². The van der Waals surface area contributed by atoms with E-state index >= 15 is 0 Å². The van der Waals surface area contributed by atoms with Crippen LogP contribution in [0.15, 0.2) is 72.9 Å². The van der Waals surface area contributed by atoms with Crippen LogP contribution in [0, 0.1) is 6.92 Å². The maximum absolute atomic E-state index is 13.2. The van der Waals surface area contributed by atoms with E-state index in [1.807, 2.05) is 69.9 Å². The summed E-state index contributed by atoms with van der Waals surface area (Å²) in [4.78, 5) is 31.3. The van der Waals surface area contributed by atoms with E-state index in [1.165, 1.54) is 0 Å². The van der Waals surface area contributed by atoms with Gasteiger partial charge in [-0.1, -0.05) is 30.3 Å². The fourth-order valence-electron chi connectivity index (χ4n) is 6.25. The first kappa shape index (κ1) is 30.0. The SMILES string of the molecule is CC(=O)[C@@H](OC(C)(C)C)c1c(C)cc2nc(-c3cccc(-c4ccc5c(cnn5C)c4)c3)sc2c1-c1ccc2c(c1)C(=O)CCO2. The van der Waals surface area contributed by atoms with Gasteiger partial charge in [0.25, 0.3) is 0 Å². The summed E-state index contributed by atoms with van der Waals surface area (Å²) in [6, 6.07) is 22.6. The van der Waals surface area contributed by atoms with E-state index in [2.05, 4.69) is 47.6 Å². The molecule has 7 rings (SSSR count). The van der Waals surface area contributed by atoms with Crippen molar-refractivity contribution in [2.24, 2.45) is 7.05 Å². The molecule has 1 aliphatic heterocycles. The van der Waals surface area contributed by atoms with E-state index in [9.17, 15) is 9.59 Å².